The van der Waals surface area contributed by atoms with E-state index in [1.54, 1.807) is 18.2 Å². The fourth-order valence-corrected chi connectivity index (χ4v) is 4.90. The maximum absolute atomic E-state index is 12.4. The van der Waals surface area contributed by atoms with Crippen molar-refractivity contribution in [2.24, 2.45) is 0 Å². The van der Waals surface area contributed by atoms with Gasteiger partial charge in [0.25, 0.3) is 0 Å². The standard InChI is InChI=1S/C23H34BrN3O3S/c1-2-3-4-5-6-7-8-9-10-11-12-13-16-31(28,29)27-19-14-15-22-21(17-19)26-23(30-22)20(24)18-25/h14-15,17,20,27H,2-13,16H2,1H3. The molecule has 6 nitrogen and oxygen atoms in total. The number of halogens is 1. The van der Waals surface area contributed by atoms with E-state index in [2.05, 4.69) is 32.6 Å². The largest absolute Gasteiger partial charge is 0.438 e. The fourth-order valence-electron chi connectivity index (χ4n) is 3.54. The van der Waals surface area contributed by atoms with Crippen LogP contribution in [0.2, 0.25) is 0 Å². The summed E-state index contributed by atoms with van der Waals surface area (Å²) in [4.78, 5) is 3.61. The average molecular weight is 513 g/mol. The number of alkyl halides is 1. The molecule has 0 radical (unpaired) electrons. The maximum atomic E-state index is 12.4. The number of hydrogen-bond donors (Lipinski definition) is 1. The lowest BCUT2D eigenvalue weighted by Crippen LogP contribution is -2.16. The van der Waals surface area contributed by atoms with Gasteiger partial charge in [-0.1, -0.05) is 93.5 Å². The molecule has 1 aromatic heterocycles. The molecule has 0 aliphatic carbocycles. The van der Waals surface area contributed by atoms with Crippen molar-refractivity contribution in [3.8, 4) is 6.07 Å². The van der Waals surface area contributed by atoms with Crippen molar-refractivity contribution in [3.05, 3.63) is 24.1 Å². The molecule has 2 aromatic rings. The van der Waals surface area contributed by atoms with Crippen LogP contribution in [0.5, 0.6) is 0 Å². The van der Waals surface area contributed by atoms with Crippen molar-refractivity contribution < 1.29 is 12.8 Å². The summed E-state index contributed by atoms with van der Waals surface area (Å²) in [7, 11) is -3.40. The van der Waals surface area contributed by atoms with E-state index in [0.717, 1.165) is 12.8 Å². The van der Waals surface area contributed by atoms with Gasteiger partial charge in [-0.3, -0.25) is 4.72 Å². The van der Waals surface area contributed by atoms with Gasteiger partial charge in [-0.05, 0) is 24.6 Å². The maximum Gasteiger partial charge on any atom is 0.232 e. The summed E-state index contributed by atoms with van der Waals surface area (Å²) in [6.45, 7) is 2.24. The topological polar surface area (TPSA) is 96.0 Å². The number of nitrogens with one attached hydrogen (secondary N) is 1. The molecule has 0 saturated carbocycles. The van der Waals surface area contributed by atoms with Crippen LogP contribution in [0.1, 0.15) is 94.7 Å². The predicted octanol–water partition coefficient (Wildman–Crippen LogP) is 7.23. The molecule has 1 unspecified atom stereocenters. The van der Waals surface area contributed by atoms with Crippen molar-refractivity contribution in [2.75, 3.05) is 10.5 Å². The summed E-state index contributed by atoms with van der Waals surface area (Å²) in [5.74, 6) is 0.374. The second kappa shape index (κ2) is 13.7. The lowest BCUT2D eigenvalue weighted by atomic mass is 10.1. The second-order valence-electron chi connectivity index (χ2n) is 8.04. The summed E-state index contributed by atoms with van der Waals surface area (Å²) in [6.07, 6.45) is 14.5. The molecule has 172 valence electrons. The zero-order valence-corrected chi connectivity index (χ0v) is 20.8. The van der Waals surface area contributed by atoms with Gasteiger partial charge in [0.15, 0.2) is 10.4 Å². The number of oxazole rings is 1. The van der Waals surface area contributed by atoms with Gasteiger partial charge in [0, 0.05) is 0 Å². The molecule has 0 amide bonds. The van der Waals surface area contributed by atoms with Gasteiger partial charge >= 0.3 is 0 Å². The van der Waals surface area contributed by atoms with Crippen LogP contribution in [-0.2, 0) is 10.0 Å². The molecule has 1 heterocycles. The van der Waals surface area contributed by atoms with E-state index in [4.69, 9.17) is 9.68 Å². The van der Waals surface area contributed by atoms with Gasteiger partial charge < -0.3 is 4.42 Å². The molecule has 2 rings (SSSR count). The fraction of sp³-hybridized carbons (Fsp3) is 0.652. The van der Waals surface area contributed by atoms with Crippen LogP contribution in [0.15, 0.2) is 22.6 Å². The highest BCUT2D eigenvalue weighted by Crippen LogP contribution is 2.27. The third-order valence-electron chi connectivity index (χ3n) is 5.27. The molecule has 0 aliphatic heterocycles. The smallest absolute Gasteiger partial charge is 0.232 e. The summed E-state index contributed by atoms with van der Waals surface area (Å²) < 4.78 is 32.9. The zero-order valence-electron chi connectivity index (χ0n) is 18.4. The lowest BCUT2D eigenvalue weighted by molar-refractivity contribution is 0.546. The SMILES string of the molecule is CCCCCCCCCCCCCCS(=O)(=O)Nc1ccc2oc(C(Br)C#N)nc2c1. The van der Waals surface area contributed by atoms with E-state index in [1.807, 2.05) is 6.07 Å². The first-order valence-electron chi connectivity index (χ1n) is 11.4. The van der Waals surface area contributed by atoms with E-state index in [0.29, 0.717) is 23.2 Å². The first-order chi connectivity index (χ1) is 14.9. The minimum atomic E-state index is -3.40. The quantitative estimate of drug-likeness (QED) is 0.189. The van der Waals surface area contributed by atoms with Crippen molar-refractivity contribution in [2.45, 2.75) is 88.8 Å². The molecular weight excluding hydrogens is 478 g/mol. The summed E-state index contributed by atoms with van der Waals surface area (Å²) in [6, 6.07) is 6.93. The van der Waals surface area contributed by atoms with Gasteiger partial charge in [0.2, 0.25) is 15.9 Å². The van der Waals surface area contributed by atoms with Crippen LogP contribution in [-0.4, -0.2) is 19.2 Å². The first-order valence-corrected chi connectivity index (χ1v) is 14.0. The van der Waals surface area contributed by atoms with Gasteiger partial charge in [0.05, 0.1) is 17.5 Å². The normalized spacial score (nSPS) is 12.7. The Hall–Kier alpha value is -1.59. The highest BCUT2D eigenvalue weighted by molar-refractivity contribution is 9.09. The van der Waals surface area contributed by atoms with Crippen LogP contribution < -0.4 is 4.72 Å². The Morgan fingerprint density at radius 3 is 2.19 bits per heavy atom. The molecule has 1 aromatic carbocycles. The Balaban J connectivity index is 1.64. The number of benzene rings is 1. The monoisotopic (exact) mass is 511 g/mol. The van der Waals surface area contributed by atoms with E-state index in [9.17, 15) is 8.42 Å². The minimum Gasteiger partial charge on any atom is -0.438 e. The highest BCUT2D eigenvalue weighted by atomic mass is 79.9. The van der Waals surface area contributed by atoms with Crippen LogP contribution >= 0.6 is 15.9 Å². The highest BCUT2D eigenvalue weighted by Gasteiger charge is 2.16. The Kier molecular flexibility index (Phi) is 11.4. The van der Waals surface area contributed by atoms with Crippen molar-refractivity contribution in [1.29, 1.82) is 5.26 Å². The number of nitrogens with zero attached hydrogens (tertiary/aromatic N) is 2. The van der Waals surface area contributed by atoms with Crippen LogP contribution in [0.25, 0.3) is 11.1 Å². The van der Waals surface area contributed by atoms with Gasteiger partial charge in [-0.25, -0.2) is 13.4 Å². The number of aromatic nitrogens is 1. The van der Waals surface area contributed by atoms with Crippen LogP contribution in [0.3, 0.4) is 0 Å². The number of nitriles is 1. The predicted molar refractivity (Wildman–Crippen MR) is 130 cm³/mol. The molecule has 0 aliphatic rings. The van der Waals surface area contributed by atoms with Gasteiger partial charge in [-0.15, -0.1) is 0 Å². The molecule has 1 atom stereocenters. The van der Waals surface area contributed by atoms with E-state index >= 15 is 0 Å². The molecule has 31 heavy (non-hydrogen) atoms. The molecular formula is C23H34BrN3O3S. The zero-order chi connectivity index (χ0) is 22.5. The van der Waals surface area contributed by atoms with Gasteiger partial charge in [0.1, 0.15) is 5.52 Å². The first kappa shape index (κ1) is 25.7. The lowest BCUT2D eigenvalue weighted by Gasteiger charge is -2.08. The third-order valence-corrected chi connectivity index (χ3v) is 7.24. The van der Waals surface area contributed by atoms with Crippen LogP contribution in [0.4, 0.5) is 5.69 Å². The molecule has 0 bridgehead atoms. The number of unbranched alkanes of at least 4 members (excludes halogenated alkanes) is 11. The van der Waals surface area contributed by atoms with E-state index < -0.39 is 14.9 Å². The molecule has 0 saturated heterocycles. The van der Waals surface area contributed by atoms with E-state index in [-0.39, 0.29) is 11.6 Å². The Morgan fingerprint density at radius 1 is 1.03 bits per heavy atom. The van der Waals surface area contributed by atoms with Crippen molar-refractivity contribution >= 4 is 42.7 Å². The number of rotatable bonds is 16. The number of hydrogen-bond acceptors (Lipinski definition) is 5. The number of anilines is 1. The molecule has 8 heteroatoms. The molecule has 1 N–H and O–H groups in total. The number of fused-ring (bicyclic) bond motifs is 1. The average Bonchev–Trinajstić information content (AvgIpc) is 3.17. The minimum absolute atomic E-state index is 0.116. The van der Waals surface area contributed by atoms with Gasteiger partial charge in [-0.2, -0.15) is 5.26 Å². The van der Waals surface area contributed by atoms with E-state index in [1.165, 1.54) is 57.8 Å². The molecule has 0 spiro atoms. The Morgan fingerprint density at radius 2 is 1.61 bits per heavy atom. The summed E-state index contributed by atoms with van der Waals surface area (Å²) in [5, 5.41) is 8.94. The third kappa shape index (κ3) is 9.61. The number of sulfonamides is 1. The summed E-state index contributed by atoms with van der Waals surface area (Å²) >= 11 is 3.17. The Labute approximate surface area is 195 Å². The molecule has 0 fully saturated rings. The summed E-state index contributed by atoms with van der Waals surface area (Å²) in [5.41, 5.74) is 1.48. The van der Waals surface area contributed by atoms with Crippen molar-refractivity contribution in [3.63, 3.8) is 0 Å². The van der Waals surface area contributed by atoms with Crippen LogP contribution in [0, 0.1) is 11.3 Å². The Bertz CT molecular complexity index is 937. The van der Waals surface area contributed by atoms with Crippen molar-refractivity contribution in [1.82, 2.24) is 4.98 Å². The second-order valence-corrected chi connectivity index (χ2v) is 10.8.